The molecule has 0 aliphatic heterocycles. The first-order chi connectivity index (χ1) is 8.52. The van der Waals surface area contributed by atoms with E-state index in [-0.39, 0.29) is 18.1 Å². The summed E-state index contributed by atoms with van der Waals surface area (Å²) in [5.74, 6) is -0.159. The molecular weight excluding hydrogens is 242 g/mol. The van der Waals surface area contributed by atoms with E-state index in [1.54, 1.807) is 0 Å². The minimum atomic E-state index is -0.743. The molecule has 0 radical (unpaired) electrons. The highest BCUT2D eigenvalue weighted by atomic mass is 16.5. The Morgan fingerprint density at radius 2 is 1.74 bits per heavy atom. The van der Waals surface area contributed by atoms with Crippen LogP contribution in [0.15, 0.2) is 0 Å². The van der Waals surface area contributed by atoms with Crippen LogP contribution in [0.3, 0.4) is 0 Å². The number of ether oxygens (including phenoxy) is 1. The van der Waals surface area contributed by atoms with Crippen molar-refractivity contribution in [1.29, 1.82) is 0 Å². The van der Waals surface area contributed by atoms with Gasteiger partial charge >= 0.3 is 0 Å². The van der Waals surface area contributed by atoms with E-state index < -0.39 is 5.60 Å². The van der Waals surface area contributed by atoms with Gasteiger partial charge in [0, 0.05) is 6.54 Å². The number of carbonyl (C=O) groups is 1. The van der Waals surface area contributed by atoms with Crippen LogP contribution in [0.4, 0.5) is 0 Å². The fourth-order valence-corrected chi connectivity index (χ4v) is 2.17. The van der Waals surface area contributed by atoms with Crippen LogP contribution in [0.5, 0.6) is 0 Å². The molecule has 1 rings (SSSR count). The maximum atomic E-state index is 11.7. The van der Waals surface area contributed by atoms with Gasteiger partial charge in [-0.25, -0.2) is 0 Å². The maximum Gasteiger partial charge on any atom is 0.246 e. The van der Waals surface area contributed by atoms with E-state index in [1.807, 2.05) is 20.8 Å². The number of hydrogen-bond acceptors (Lipinski definition) is 3. The van der Waals surface area contributed by atoms with Gasteiger partial charge in [-0.2, -0.15) is 0 Å². The highest BCUT2D eigenvalue weighted by Crippen LogP contribution is 2.39. The van der Waals surface area contributed by atoms with E-state index in [0.717, 1.165) is 25.7 Å². The number of amides is 1. The van der Waals surface area contributed by atoms with Gasteiger partial charge in [0.25, 0.3) is 0 Å². The Balaban J connectivity index is 2.30. The fraction of sp³-hybridized carbons (Fsp3) is 0.933. The summed E-state index contributed by atoms with van der Waals surface area (Å²) >= 11 is 0. The molecule has 1 amide bonds. The Hall–Kier alpha value is -0.610. The molecule has 0 heterocycles. The summed E-state index contributed by atoms with van der Waals surface area (Å²) in [6.07, 6.45) is 3.50. The summed E-state index contributed by atoms with van der Waals surface area (Å²) in [6.45, 7) is 10.6. The number of aliphatic hydroxyl groups is 1. The smallest absolute Gasteiger partial charge is 0.246 e. The largest absolute Gasteiger partial charge is 0.388 e. The summed E-state index contributed by atoms with van der Waals surface area (Å²) in [6, 6.07) is 0. The van der Waals surface area contributed by atoms with E-state index in [0.29, 0.717) is 12.0 Å². The number of nitrogens with one attached hydrogen (secondary N) is 1. The summed E-state index contributed by atoms with van der Waals surface area (Å²) in [7, 11) is 0. The number of rotatable bonds is 4. The fourth-order valence-electron chi connectivity index (χ4n) is 2.17. The lowest BCUT2D eigenvalue weighted by Gasteiger charge is -2.40. The highest BCUT2D eigenvalue weighted by Gasteiger charge is 2.36. The van der Waals surface area contributed by atoms with E-state index >= 15 is 0 Å². The van der Waals surface area contributed by atoms with Crippen LogP contribution >= 0.6 is 0 Å². The van der Waals surface area contributed by atoms with Crippen LogP contribution in [0, 0.1) is 5.41 Å². The molecule has 1 aliphatic rings. The molecular formula is C15H29NO3. The number of carbonyl (C=O) groups excluding carboxylic acids is 1. The van der Waals surface area contributed by atoms with Crippen LogP contribution in [0.1, 0.15) is 60.3 Å². The molecule has 4 heteroatoms. The van der Waals surface area contributed by atoms with Gasteiger partial charge in [0.15, 0.2) is 0 Å². The molecule has 1 saturated carbocycles. The molecule has 0 aromatic rings. The molecule has 4 nitrogen and oxygen atoms in total. The Morgan fingerprint density at radius 1 is 1.21 bits per heavy atom. The van der Waals surface area contributed by atoms with Gasteiger partial charge in [0.05, 0.1) is 11.2 Å². The lowest BCUT2D eigenvalue weighted by atomic mass is 9.71. The zero-order valence-corrected chi connectivity index (χ0v) is 13.0. The third kappa shape index (κ3) is 6.39. The zero-order valence-electron chi connectivity index (χ0n) is 13.0. The van der Waals surface area contributed by atoms with Crippen molar-refractivity contribution in [3.05, 3.63) is 0 Å². The molecule has 2 N–H and O–H groups in total. The molecule has 0 unspecified atom stereocenters. The molecule has 112 valence electrons. The second kappa shape index (κ2) is 5.80. The topological polar surface area (TPSA) is 58.6 Å². The average molecular weight is 271 g/mol. The van der Waals surface area contributed by atoms with Crippen LogP contribution < -0.4 is 5.32 Å². The van der Waals surface area contributed by atoms with Crippen LogP contribution in [0.2, 0.25) is 0 Å². The molecule has 1 fully saturated rings. The van der Waals surface area contributed by atoms with Crippen molar-refractivity contribution < 1.29 is 14.6 Å². The minimum absolute atomic E-state index is 0.0467. The Labute approximate surface area is 116 Å². The Kier molecular flexibility index (Phi) is 5.02. The van der Waals surface area contributed by atoms with Crippen molar-refractivity contribution in [3.8, 4) is 0 Å². The van der Waals surface area contributed by atoms with Crippen molar-refractivity contribution in [2.24, 2.45) is 5.41 Å². The van der Waals surface area contributed by atoms with Gasteiger partial charge in [-0.15, -0.1) is 0 Å². The van der Waals surface area contributed by atoms with Crippen LogP contribution in [-0.2, 0) is 9.53 Å². The van der Waals surface area contributed by atoms with Gasteiger partial charge in [0.2, 0.25) is 5.91 Å². The minimum Gasteiger partial charge on any atom is -0.388 e. The molecule has 0 aromatic carbocycles. The molecule has 0 aromatic heterocycles. The van der Waals surface area contributed by atoms with Crippen molar-refractivity contribution in [1.82, 2.24) is 5.32 Å². The third-order valence-electron chi connectivity index (χ3n) is 3.79. The Morgan fingerprint density at radius 3 is 2.21 bits per heavy atom. The summed E-state index contributed by atoms with van der Waals surface area (Å²) in [5.41, 5.74) is -0.748. The van der Waals surface area contributed by atoms with Crippen LogP contribution in [0.25, 0.3) is 0 Å². The first-order valence-electron chi connectivity index (χ1n) is 7.15. The Bertz CT molecular complexity index is 308. The van der Waals surface area contributed by atoms with E-state index in [4.69, 9.17) is 4.74 Å². The monoisotopic (exact) mass is 271 g/mol. The predicted molar refractivity (Wildman–Crippen MR) is 75.9 cm³/mol. The van der Waals surface area contributed by atoms with E-state index in [1.165, 1.54) is 0 Å². The van der Waals surface area contributed by atoms with Gasteiger partial charge in [0.1, 0.15) is 6.61 Å². The lowest BCUT2D eigenvalue weighted by Crippen LogP contribution is -2.47. The van der Waals surface area contributed by atoms with E-state index in [2.05, 4.69) is 19.2 Å². The maximum absolute atomic E-state index is 11.7. The highest BCUT2D eigenvalue weighted by molar-refractivity contribution is 5.77. The second-order valence-electron chi connectivity index (χ2n) is 7.57. The van der Waals surface area contributed by atoms with E-state index in [9.17, 15) is 9.90 Å². The standard InChI is InChI=1S/C15H29NO3/c1-13(2,3)19-10-12(17)16-11-15(18)8-6-14(4,5)7-9-15/h18H,6-11H2,1-5H3,(H,16,17). The van der Waals surface area contributed by atoms with Crippen molar-refractivity contribution in [2.75, 3.05) is 13.2 Å². The van der Waals surface area contributed by atoms with Gasteiger partial charge in [-0.1, -0.05) is 13.8 Å². The van der Waals surface area contributed by atoms with Crippen molar-refractivity contribution in [2.45, 2.75) is 71.5 Å². The summed E-state index contributed by atoms with van der Waals surface area (Å²) < 4.78 is 5.40. The second-order valence-corrected chi connectivity index (χ2v) is 7.57. The van der Waals surface area contributed by atoms with Crippen molar-refractivity contribution in [3.63, 3.8) is 0 Å². The number of hydrogen-bond donors (Lipinski definition) is 2. The molecule has 19 heavy (non-hydrogen) atoms. The lowest BCUT2D eigenvalue weighted by molar-refractivity contribution is -0.132. The summed E-state index contributed by atoms with van der Waals surface area (Å²) in [5, 5.41) is 13.2. The van der Waals surface area contributed by atoms with Crippen molar-refractivity contribution >= 4 is 5.91 Å². The normalized spacial score (nSPS) is 22.0. The SMILES string of the molecule is CC1(C)CCC(O)(CNC(=O)COC(C)(C)C)CC1. The average Bonchev–Trinajstić information content (AvgIpc) is 2.28. The van der Waals surface area contributed by atoms with Gasteiger partial charge in [-0.05, 0) is 51.9 Å². The molecule has 0 spiro atoms. The van der Waals surface area contributed by atoms with Gasteiger partial charge in [-0.3, -0.25) is 4.79 Å². The molecule has 0 saturated heterocycles. The molecule has 0 bridgehead atoms. The zero-order chi connectivity index (χ0) is 14.7. The predicted octanol–water partition coefficient (Wildman–Crippen LogP) is 2.25. The molecule has 0 atom stereocenters. The van der Waals surface area contributed by atoms with Crippen LogP contribution in [-0.4, -0.2) is 35.4 Å². The first kappa shape index (κ1) is 16.4. The molecule has 1 aliphatic carbocycles. The quantitative estimate of drug-likeness (QED) is 0.824. The van der Waals surface area contributed by atoms with Gasteiger partial charge < -0.3 is 15.2 Å². The third-order valence-corrected chi connectivity index (χ3v) is 3.79. The summed E-state index contributed by atoms with van der Waals surface area (Å²) in [4.78, 5) is 11.7. The first-order valence-corrected chi connectivity index (χ1v) is 7.15.